The maximum Gasteiger partial charge on any atom is 0.303 e. The van der Waals surface area contributed by atoms with E-state index in [4.69, 9.17) is 35.7 Å². The van der Waals surface area contributed by atoms with E-state index in [1.807, 2.05) is 26.0 Å². The number of fused-ring (bicyclic) bond motifs is 1. The average Bonchev–Trinajstić information content (AvgIpc) is 3.01. The number of ether oxygens (including phenoxy) is 4. The maximum atomic E-state index is 14.4. The third kappa shape index (κ3) is 8.50. The van der Waals surface area contributed by atoms with Crippen molar-refractivity contribution in [3.05, 3.63) is 52.5 Å². The molecular weight excluding hydrogens is 616 g/mol. The number of hydrogen-bond donors (Lipinski definition) is 1. The van der Waals surface area contributed by atoms with E-state index >= 15 is 0 Å². The van der Waals surface area contributed by atoms with Gasteiger partial charge in [-0.15, -0.1) is 0 Å². The van der Waals surface area contributed by atoms with E-state index in [0.717, 1.165) is 0 Å². The van der Waals surface area contributed by atoms with E-state index in [2.05, 4.69) is 0 Å². The monoisotopic (exact) mass is 658 g/mol. The van der Waals surface area contributed by atoms with Crippen LogP contribution in [0.5, 0.6) is 11.5 Å². The highest BCUT2D eigenvalue weighted by Crippen LogP contribution is 2.44. The van der Waals surface area contributed by atoms with Crippen molar-refractivity contribution in [1.29, 1.82) is 0 Å². The summed E-state index contributed by atoms with van der Waals surface area (Å²) in [6, 6.07) is 10.7. The Hall–Kier alpha value is -3.83. The number of para-hydroxylation sites is 1. The standard InChI is InChI=1S/C34H43ClN2O9/c1-21(38)46-20-34(2,3)19-37-27-10-9-24(35)17-26(27)31(25-7-6-8-28(43-4)32(25)44-5)45-18-23(33(37)42)16-29(39)36-13-11-22(12-14-36)15-30(40)41/h6-10,17,22-23,31H,11-16,18-20H2,1-5H3,(H,40,41)/t23-,31+/m0/s1. The van der Waals surface area contributed by atoms with Gasteiger partial charge in [0.2, 0.25) is 11.8 Å². The number of anilines is 1. The zero-order chi connectivity index (χ0) is 33.6. The summed E-state index contributed by atoms with van der Waals surface area (Å²) in [6.07, 6.45) is 0.433. The first-order valence-electron chi connectivity index (χ1n) is 15.4. The number of methoxy groups -OCH3 is 2. The van der Waals surface area contributed by atoms with Gasteiger partial charge in [-0.25, -0.2) is 0 Å². The van der Waals surface area contributed by atoms with Gasteiger partial charge in [0.1, 0.15) is 6.10 Å². The summed E-state index contributed by atoms with van der Waals surface area (Å²) in [4.78, 5) is 54.2. The van der Waals surface area contributed by atoms with Crippen LogP contribution in [0.2, 0.25) is 5.02 Å². The fourth-order valence-corrected chi connectivity index (χ4v) is 6.30. The number of halogens is 1. The lowest BCUT2D eigenvalue weighted by molar-refractivity contribution is -0.144. The van der Waals surface area contributed by atoms with Gasteiger partial charge in [-0.2, -0.15) is 0 Å². The van der Waals surface area contributed by atoms with Gasteiger partial charge in [0.15, 0.2) is 11.5 Å². The number of amides is 2. The molecule has 2 atom stereocenters. The highest BCUT2D eigenvalue weighted by atomic mass is 35.5. The van der Waals surface area contributed by atoms with E-state index in [-0.39, 0.29) is 50.3 Å². The summed E-state index contributed by atoms with van der Waals surface area (Å²) in [5, 5.41) is 9.61. The molecule has 12 heteroatoms. The molecule has 1 saturated heterocycles. The van der Waals surface area contributed by atoms with Crippen molar-refractivity contribution in [2.24, 2.45) is 17.3 Å². The average molecular weight is 659 g/mol. The van der Waals surface area contributed by atoms with Crippen molar-refractivity contribution < 1.29 is 43.2 Å². The van der Waals surface area contributed by atoms with Crippen LogP contribution >= 0.6 is 11.6 Å². The molecule has 250 valence electrons. The Kier molecular flexibility index (Phi) is 11.6. The lowest BCUT2D eigenvalue weighted by Crippen LogP contribution is -2.48. The van der Waals surface area contributed by atoms with E-state index in [9.17, 15) is 19.2 Å². The summed E-state index contributed by atoms with van der Waals surface area (Å²) in [7, 11) is 3.08. The second-order valence-electron chi connectivity index (χ2n) is 12.7. The second-order valence-corrected chi connectivity index (χ2v) is 13.1. The lowest BCUT2D eigenvalue weighted by atomic mass is 9.89. The Morgan fingerprint density at radius 3 is 2.39 bits per heavy atom. The third-order valence-electron chi connectivity index (χ3n) is 8.46. The van der Waals surface area contributed by atoms with Crippen LogP contribution in [0, 0.1) is 17.3 Å². The molecule has 0 spiro atoms. The van der Waals surface area contributed by atoms with Gasteiger partial charge in [-0.05, 0) is 43.0 Å². The number of benzene rings is 2. The molecule has 2 aliphatic heterocycles. The minimum atomic E-state index is -0.845. The van der Waals surface area contributed by atoms with E-state index in [1.54, 1.807) is 41.2 Å². The summed E-state index contributed by atoms with van der Waals surface area (Å²) in [6.45, 7) is 6.19. The minimum absolute atomic E-state index is 0.0183. The minimum Gasteiger partial charge on any atom is -0.493 e. The van der Waals surface area contributed by atoms with Crippen molar-refractivity contribution in [3.8, 4) is 11.5 Å². The van der Waals surface area contributed by atoms with Gasteiger partial charge in [0.05, 0.1) is 33.4 Å². The summed E-state index contributed by atoms with van der Waals surface area (Å²) >= 11 is 6.52. The van der Waals surface area contributed by atoms with Crippen LogP contribution in [-0.2, 0) is 28.7 Å². The SMILES string of the molecule is COc1cccc([C@H]2OC[C@H](CC(=O)N3CCC(CC(=O)O)CC3)C(=O)N(CC(C)(C)COC(C)=O)c3ccc(Cl)cc32)c1OC. The smallest absolute Gasteiger partial charge is 0.303 e. The Labute approximate surface area is 274 Å². The first kappa shape index (κ1) is 35.0. The number of carbonyl (C=O) groups excluding carboxylic acids is 3. The number of rotatable bonds is 11. The molecule has 11 nitrogen and oxygen atoms in total. The number of esters is 1. The number of carboxylic acids is 1. The fraction of sp³-hybridized carbons (Fsp3) is 0.529. The first-order valence-corrected chi connectivity index (χ1v) is 15.8. The molecule has 2 heterocycles. The Bertz CT molecular complexity index is 1440. The van der Waals surface area contributed by atoms with E-state index < -0.39 is 29.4 Å². The van der Waals surface area contributed by atoms with Crippen molar-refractivity contribution in [2.75, 3.05) is 52.0 Å². The maximum absolute atomic E-state index is 14.4. The van der Waals surface area contributed by atoms with Crippen LogP contribution in [0.3, 0.4) is 0 Å². The molecule has 2 amide bonds. The number of nitrogens with zero attached hydrogens (tertiary/aromatic N) is 2. The molecular formula is C34H43ClN2O9. The largest absolute Gasteiger partial charge is 0.493 e. The van der Waals surface area contributed by atoms with E-state index in [0.29, 0.717) is 59.3 Å². The summed E-state index contributed by atoms with van der Waals surface area (Å²) in [5.74, 6) is -1.61. The molecule has 0 saturated carbocycles. The van der Waals surface area contributed by atoms with Crippen LogP contribution < -0.4 is 14.4 Å². The van der Waals surface area contributed by atoms with Crippen molar-refractivity contribution in [2.45, 2.75) is 52.6 Å². The molecule has 46 heavy (non-hydrogen) atoms. The predicted molar refractivity (Wildman–Crippen MR) is 171 cm³/mol. The van der Waals surface area contributed by atoms with Crippen molar-refractivity contribution in [3.63, 3.8) is 0 Å². The normalized spacial score (nSPS) is 19.1. The highest BCUT2D eigenvalue weighted by molar-refractivity contribution is 6.30. The molecule has 4 rings (SSSR count). The molecule has 0 aromatic heterocycles. The molecule has 2 aromatic carbocycles. The second kappa shape index (κ2) is 15.2. The van der Waals surface area contributed by atoms with Crippen LogP contribution in [0.1, 0.15) is 63.7 Å². The van der Waals surface area contributed by atoms with E-state index in [1.165, 1.54) is 14.0 Å². The number of carbonyl (C=O) groups is 4. The molecule has 0 radical (unpaired) electrons. The summed E-state index contributed by atoms with van der Waals surface area (Å²) in [5.41, 5.74) is 1.18. The number of aliphatic carboxylic acids is 1. The number of likely N-dealkylation sites (tertiary alicyclic amines) is 1. The van der Waals surface area contributed by atoms with Gasteiger partial charge in [0.25, 0.3) is 0 Å². The number of carboxylic acid groups (broad SMARTS) is 1. The lowest BCUT2D eigenvalue weighted by Gasteiger charge is -2.39. The zero-order valence-corrected chi connectivity index (χ0v) is 27.8. The van der Waals surface area contributed by atoms with Gasteiger partial charge in [0, 0.05) is 66.7 Å². The topological polar surface area (TPSA) is 132 Å². The van der Waals surface area contributed by atoms with Crippen LogP contribution in [0.15, 0.2) is 36.4 Å². The molecule has 0 aliphatic carbocycles. The first-order chi connectivity index (χ1) is 21.8. The Morgan fingerprint density at radius 1 is 1.04 bits per heavy atom. The number of piperidine rings is 1. The zero-order valence-electron chi connectivity index (χ0n) is 27.0. The van der Waals surface area contributed by atoms with Gasteiger partial charge >= 0.3 is 11.9 Å². The van der Waals surface area contributed by atoms with Crippen molar-refractivity contribution in [1.82, 2.24) is 4.90 Å². The molecule has 2 aliphatic rings. The van der Waals surface area contributed by atoms with Crippen molar-refractivity contribution >= 4 is 41.0 Å². The molecule has 1 fully saturated rings. The van der Waals surface area contributed by atoms with Crippen LogP contribution in [-0.4, -0.2) is 80.8 Å². The third-order valence-corrected chi connectivity index (χ3v) is 8.70. The Morgan fingerprint density at radius 2 is 1.76 bits per heavy atom. The highest BCUT2D eigenvalue weighted by Gasteiger charge is 2.39. The van der Waals surface area contributed by atoms with Gasteiger partial charge in [-0.3, -0.25) is 19.2 Å². The van der Waals surface area contributed by atoms with Crippen LogP contribution in [0.25, 0.3) is 0 Å². The molecule has 2 aromatic rings. The quantitative estimate of drug-likeness (QED) is 0.327. The molecule has 0 bridgehead atoms. The van der Waals surface area contributed by atoms with Crippen LogP contribution in [0.4, 0.5) is 5.69 Å². The van der Waals surface area contributed by atoms with Gasteiger partial charge in [-0.1, -0.05) is 37.6 Å². The van der Waals surface area contributed by atoms with Gasteiger partial charge < -0.3 is 33.9 Å². The molecule has 0 unspecified atom stereocenters. The predicted octanol–water partition coefficient (Wildman–Crippen LogP) is 5.12. The Balaban J connectivity index is 1.74. The number of hydrogen-bond acceptors (Lipinski definition) is 8. The molecule has 1 N–H and O–H groups in total. The fourth-order valence-electron chi connectivity index (χ4n) is 6.12. The summed E-state index contributed by atoms with van der Waals surface area (Å²) < 4.78 is 23.2.